The number of carbonyl (C=O) groups is 2. The maximum Gasteiger partial charge on any atom is 0.305 e. The monoisotopic (exact) mass is 254 g/mol. The van der Waals surface area contributed by atoms with Gasteiger partial charge in [0.2, 0.25) is 0 Å². The topological polar surface area (TPSA) is 43.4 Å². The number of rotatable bonds is 7. The van der Waals surface area contributed by atoms with Crippen molar-refractivity contribution >= 4 is 23.1 Å². The average molecular weight is 254 g/mol. The predicted molar refractivity (Wildman–Crippen MR) is 68.5 cm³/mol. The second-order valence-corrected chi connectivity index (χ2v) is 4.99. The molecule has 0 saturated heterocycles. The summed E-state index contributed by atoms with van der Waals surface area (Å²) < 4.78 is 4.57. The molecule has 0 fully saturated rings. The summed E-state index contributed by atoms with van der Waals surface area (Å²) in [4.78, 5) is 24.4. The van der Waals surface area contributed by atoms with Crippen molar-refractivity contribution in [3.63, 3.8) is 0 Å². The van der Waals surface area contributed by atoms with Crippen molar-refractivity contribution in [2.45, 2.75) is 39.0 Å². The molecule has 0 unspecified atom stereocenters. The van der Waals surface area contributed by atoms with Crippen LogP contribution in [0.15, 0.2) is 12.1 Å². The minimum atomic E-state index is -0.155. The van der Waals surface area contributed by atoms with Crippen LogP contribution in [0.1, 0.15) is 47.2 Å². The first-order valence-corrected chi connectivity index (χ1v) is 6.67. The van der Waals surface area contributed by atoms with E-state index in [-0.39, 0.29) is 11.8 Å². The number of thiophene rings is 1. The van der Waals surface area contributed by atoms with Gasteiger partial charge in [0.1, 0.15) is 0 Å². The summed E-state index contributed by atoms with van der Waals surface area (Å²) in [6.45, 7) is 1.87. The molecule has 1 aromatic rings. The molecule has 1 aromatic heterocycles. The molecule has 17 heavy (non-hydrogen) atoms. The Balaban J connectivity index is 2.30. The van der Waals surface area contributed by atoms with Crippen molar-refractivity contribution in [3.05, 3.63) is 21.9 Å². The Morgan fingerprint density at radius 3 is 2.71 bits per heavy atom. The summed E-state index contributed by atoms with van der Waals surface area (Å²) in [5.74, 6) is 0.0499. The number of hydrogen-bond donors (Lipinski definition) is 0. The van der Waals surface area contributed by atoms with E-state index in [1.807, 2.05) is 19.1 Å². The molecule has 0 N–H and O–H groups in total. The molecule has 0 saturated carbocycles. The first kappa shape index (κ1) is 13.9. The largest absolute Gasteiger partial charge is 0.469 e. The summed E-state index contributed by atoms with van der Waals surface area (Å²) in [7, 11) is 1.41. The maximum absolute atomic E-state index is 11.4. The van der Waals surface area contributed by atoms with Crippen molar-refractivity contribution in [3.8, 4) is 0 Å². The zero-order valence-electron chi connectivity index (χ0n) is 10.3. The smallest absolute Gasteiger partial charge is 0.305 e. The molecule has 0 aliphatic rings. The molecular weight excluding hydrogens is 236 g/mol. The molecular formula is C13H18O3S. The fraction of sp³-hybridized carbons (Fsp3) is 0.538. The van der Waals surface area contributed by atoms with Gasteiger partial charge < -0.3 is 4.74 Å². The van der Waals surface area contributed by atoms with Crippen LogP contribution in [0.5, 0.6) is 0 Å². The number of hydrogen-bond acceptors (Lipinski definition) is 4. The van der Waals surface area contributed by atoms with E-state index in [9.17, 15) is 9.59 Å². The van der Waals surface area contributed by atoms with Gasteiger partial charge in [-0.15, -0.1) is 11.3 Å². The van der Waals surface area contributed by atoms with E-state index in [4.69, 9.17) is 0 Å². The van der Waals surface area contributed by atoms with E-state index in [1.54, 1.807) is 11.3 Å². The summed E-state index contributed by atoms with van der Waals surface area (Å²) in [5.41, 5.74) is 0. The van der Waals surface area contributed by atoms with Gasteiger partial charge >= 0.3 is 5.97 Å². The van der Waals surface area contributed by atoms with E-state index < -0.39 is 0 Å². The van der Waals surface area contributed by atoms with Crippen LogP contribution in [0.4, 0.5) is 0 Å². The summed E-state index contributed by atoms with van der Waals surface area (Å²) >= 11 is 1.56. The molecule has 0 atom stereocenters. The molecule has 4 heteroatoms. The molecule has 0 amide bonds. The van der Waals surface area contributed by atoms with E-state index in [2.05, 4.69) is 4.74 Å². The lowest BCUT2D eigenvalue weighted by molar-refractivity contribution is -0.140. The Kier molecular flexibility index (Phi) is 5.91. The number of aryl methyl sites for hydroxylation is 1. The molecule has 0 radical (unpaired) electrons. The highest BCUT2D eigenvalue weighted by atomic mass is 32.1. The number of unbranched alkanes of at least 4 members (excludes halogenated alkanes) is 1. The highest BCUT2D eigenvalue weighted by Gasteiger charge is 2.07. The van der Waals surface area contributed by atoms with Crippen LogP contribution >= 0.6 is 11.3 Å². The van der Waals surface area contributed by atoms with Gasteiger partial charge in [0, 0.05) is 17.7 Å². The van der Waals surface area contributed by atoms with Crippen LogP contribution in [0.2, 0.25) is 0 Å². The van der Waals surface area contributed by atoms with Crippen molar-refractivity contribution in [1.82, 2.24) is 0 Å². The molecule has 0 aliphatic heterocycles. The van der Waals surface area contributed by atoms with Crippen LogP contribution in [-0.4, -0.2) is 18.9 Å². The third-order valence-corrected chi connectivity index (χ3v) is 3.73. The standard InChI is InChI=1S/C13H18O3S/c1-3-11(14)12-9-8-10(17-12)6-4-5-7-13(15)16-2/h8-9H,3-7H2,1-2H3. The Morgan fingerprint density at radius 2 is 2.06 bits per heavy atom. The second kappa shape index (κ2) is 7.22. The second-order valence-electron chi connectivity index (χ2n) is 3.83. The molecule has 0 aromatic carbocycles. The average Bonchev–Trinajstić information content (AvgIpc) is 2.82. The highest BCUT2D eigenvalue weighted by Crippen LogP contribution is 2.20. The van der Waals surface area contributed by atoms with Gasteiger partial charge in [-0.2, -0.15) is 0 Å². The third kappa shape index (κ3) is 4.69. The predicted octanol–water partition coefficient (Wildman–Crippen LogP) is 3.23. The Bertz CT molecular complexity index is 382. The number of esters is 1. The molecule has 0 spiro atoms. The SMILES string of the molecule is CCC(=O)c1ccc(CCCCC(=O)OC)s1. The molecule has 1 rings (SSSR count). The molecule has 0 aliphatic carbocycles. The van der Waals surface area contributed by atoms with Crippen LogP contribution in [0.3, 0.4) is 0 Å². The van der Waals surface area contributed by atoms with Gasteiger partial charge in [-0.05, 0) is 31.4 Å². The van der Waals surface area contributed by atoms with Crippen LogP contribution in [-0.2, 0) is 16.0 Å². The minimum absolute atomic E-state index is 0.155. The first-order valence-electron chi connectivity index (χ1n) is 5.86. The van der Waals surface area contributed by atoms with E-state index in [1.165, 1.54) is 12.0 Å². The van der Waals surface area contributed by atoms with Gasteiger partial charge in [0.25, 0.3) is 0 Å². The lowest BCUT2D eigenvalue weighted by Gasteiger charge is -1.98. The lowest BCUT2D eigenvalue weighted by Crippen LogP contribution is -1.99. The van der Waals surface area contributed by atoms with Crippen LogP contribution in [0, 0.1) is 0 Å². The Morgan fingerprint density at radius 1 is 1.29 bits per heavy atom. The van der Waals surface area contributed by atoms with Gasteiger partial charge in [-0.3, -0.25) is 9.59 Å². The molecule has 1 heterocycles. The van der Waals surface area contributed by atoms with Gasteiger partial charge in [0.05, 0.1) is 12.0 Å². The van der Waals surface area contributed by atoms with Gasteiger partial charge in [-0.1, -0.05) is 6.92 Å². The van der Waals surface area contributed by atoms with Crippen molar-refractivity contribution < 1.29 is 14.3 Å². The minimum Gasteiger partial charge on any atom is -0.469 e. The van der Waals surface area contributed by atoms with Gasteiger partial charge in [-0.25, -0.2) is 0 Å². The number of ether oxygens (including phenoxy) is 1. The third-order valence-electron chi connectivity index (χ3n) is 2.54. The van der Waals surface area contributed by atoms with Gasteiger partial charge in [0.15, 0.2) is 5.78 Å². The number of Topliss-reactive ketones (excluding diaryl/α,β-unsaturated/α-hetero) is 1. The van der Waals surface area contributed by atoms with Crippen LogP contribution < -0.4 is 0 Å². The quantitative estimate of drug-likeness (QED) is 0.426. The van der Waals surface area contributed by atoms with Crippen molar-refractivity contribution in [2.24, 2.45) is 0 Å². The first-order chi connectivity index (χ1) is 8.17. The molecule has 3 nitrogen and oxygen atoms in total. The zero-order valence-corrected chi connectivity index (χ0v) is 11.1. The summed E-state index contributed by atoms with van der Waals surface area (Å²) in [6.07, 6.45) is 3.75. The van der Waals surface area contributed by atoms with Crippen molar-refractivity contribution in [2.75, 3.05) is 7.11 Å². The fourth-order valence-electron chi connectivity index (χ4n) is 1.51. The maximum atomic E-state index is 11.4. The van der Waals surface area contributed by atoms with Crippen molar-refractivity contribution in [1.29, 1.82) is 0 Å². The lowest BCUT2D eigenvalue weighted by atomic mass is 10.2. The van der Waals surface area contributed by atoms with Crippen LogP contribution in [0.25, 0.3) is 0 Å². The van der Waals surface area contributed by atoms with E-state index in [0.717, 1.165) is 24.1 Å². The summed E-state index contributed by atoms with van der Waals surface area (Å²) in [5, 5.41) is 0. The summed E-state index contributed by atoms with van der Waals surface area (Å²) in [6, 6.07) is 3.90. The Labute approximate surface area is 106 Å². The zero-order chi connectivity index (χ0) is 12.7. The number of ketones is 1. The number of methoxy groups -OCH3 is 1. The normalized spacial score (nSPS) is 10.2. The molecule has 0 bridgehead atoms. The van der Waals surface area contributed by atoms with E-state index in [0.29, 0.717) is 12.8 Å². The van der Waals surface area contributed by atoms with E-state index >= 15 is 0 Å². The molecule has 94 valence electrons. The highest BCUT2D eigenvalue weighted by molar-refractivity contribution is 7.14. The Hall–Kier alpha value is -1.16. The fourth-order valence-corrected chi connectivity index (χ4v) is 2.57. The number of carbonyl (C=O) groups excluding carboxylic acids is 2.